The molecule has 3 aliphatic rings. The molecular weight excluding hydrogens is 356 g/mol. The van der Waals surface area contributed by atoms with Crippen LogP contribution < -0.4 is 19.7 Å². The highest BCUT2D eigenvalue weighted by Crippen LogP contribution is 2.47. The minimum Gasteiger partial charge on any atom is -0.454 e. The minimum absolute atomic E-state index is 0.0387. The highest BCUT2D eigenvalue weighted by atomic mass is 16.7. The number of nitrogens with zero attached hydrogens (tertiary/aromatic N) is 1. The summed E-state index contributed by atoms with van der Waals surface area (Å²) in [6, 6.07) is 15.8. The number of carbonyl (C=O) groups excluding carboxylic acids is 2. The van der Waals surface area contributed by atoms with E-state index in [0.29, 0.717) is 24.6 Å². The van der Waals surface area contributed by atoms with Crippen LogP contribution >= 0.6 is 0 Å². The molecule has 2 aliphatic heterocycles. The molecule has 2 heterocycles. The van der Waals surface area contributed by atoms with Crippen LogP contribution in [0.5, 0.6) is 11.5 Å². The highest BCUT2D eigenvalue weighted by Gasteiger charge is 2.45. The van der Waals surface area contributed by atoms with Gasteiger partial charge < -0.3 is 19.7 Å². The summed E-state index contributed by atoms with van der Waals surface area (Å²) in [5.74, 6) is 0.906. The molecule has 1 unspecified atom stereocenters. The van der Waals surface area contributed by atoms with Crippen molar-refractivity contribution in [2.24, 2.45) is 5.92 Å². The van der Waals surface area contributed by atoms with Gasteiger partial charge in [-0.25, -0.2) is 0 Å². The Morgan fingerprint density at radius 2 is 1.89 bits per heavy atom. The van der Waals surface area contributed by atoms with Gasteiger partial charge in [0.2, 0.25) is 18.6 Å². The van der Waals surface area contributed by atoms with Crippen LogP contribution in [0.2, 0.25) is 0 Å². The van der Waals surface area contributed by atoms with Gasteiger partial charge in [-0.2, -0.15) is 0 Å². The molecule has 2 aromatic rings. The van der Waals surface area contributed by atoms with Gasteiger partial charge in [0.15, 0.2) is 11.5 Å². The average Bonchev–Trinajstić information content (AvgIpc) is 3.19. The lowest BCUT2D eigenvalue weighted by atomic mass is 9.95. The first kappa shape index (κ1) is 17.1. The van der Waals surface area contributed by atoms with Crippen molar-refractivity contribution in [2.45, 2.75) is 24.7 Å². The molecule has 0 bridgehead atoms. The topological polar surface area (TPSA) is 67.9 Å². The summed E-state index contributed by atoms with van der Waals surface area (Å²) in [7, 11) is 0. The first-order chi connectivity index (χ1) is 13.6. The van der Waals surface area contributed by atoms with Crippen LogP contribution in [0, 0.1) is 5.92 Å². The molecule has 6 heteroatoms. The number of hydrogen-bond acceptors (Lipinski definition) is 4. The van der Waals surface area contributed by atoms with Crippen LogP contribution in [0.15, 0.2) is 48.5 Å². The van der Waals surface area contributed by atoms with Crippen LogP contribution in [0.25, 0.3) is 0 Å². The van der Waals surface area contributed by atoms with Gasteiger partial charge in [-0.05, 0) is 30.5 Å². The lowest BCUT2D eigenvalue weighted by molar-refractivity contribution is -0.126. The van der Waals surface area contributed by atoms with Crippen molar-refractivity contribution in [3.63, 3.8) is 0 Å². The van der Waals surface area contributed by atoms with Crippen LogP contribution in [0.1, 0.15) is 24.8 Å². The maximum atomic E-state index is 12.7. The highest BCUT2D eigenvalue weighted by molar-refractivity contribution is 6.00. The number of anilines is 1. The molecule has 6 nitrogen and oxygen atoms in total. The molecule has 144 valence electrons. The van der Waals surface area contributed by atoms with E-state index in [9.17, 15) is 9.59 Å². The molecule has 0 radical (unpaired) electrons. The Kier molecular flexibility index (Phi) is 4.00. The molecule has 28 heavy (non-hydrogen) atoms. The molecular formula is C22H22N2O4. The standard InChI is InChI=1S/C22H22N2O4/c25-20-10-15(12-24(20)17-6-7-18-19(11-17)28-14-27-18)21(26)23-13-22(8-9-22)16-4-2-1-3-5-16/h1-7,11,15H,8-10,12-14H2,(H,23,26). The van der Waals surface area contributed by atoms with E-state index in [4.69, 9.17) is 9.47 Å². The van der Waals surface area contributed by atoms with E-state index in [-0.39, 0.29) is 36.4 Å². The summed E-state index contributed by atoms with van der Waals surface area (Å²) in [5, 5.41) is 3.10. The van der Waals surface area contributed by atoms with Crippen molar-refractivity contribution in [3.8, 4) is 11.5 Å². The first-order valence-corrected chi connectivity index (χ1v) is 9.68. The molecule has 1 atom stereocenters. The van der Waals surface area contributed by atoms with E-state index in [1.807, 2.05) is 24.3 Å². The summed E-state index contributed by atoms with van der Waals surface area (Å²) < 4.78 is 10.7. The van der Waals surface area contributed by atoms with Gasteiger partial charge in [0.25, 0.3) is 0 Å². The van der Waals surface area contributed by atoms with Gasteiger partial charge in [0.1, 0.15) is 0 Å². The van der Waals surface area contributed by atoms with Gasteiger partial charge in [-0.15, -0.1) is 0 Å². The van der Waals surface area contributed by atoms with Crippen LogP contribution in [0.4, 0.5) is 5.69 Å². The van der Waals surface area contributed by atoms with Crippen molar-refractivity contribution >= 4 is 17.5 Å². The predicted molar refractivity (Wildman–Crippen MR) is 103 cm³/mol. The van der Waals surface area contributed by atoms with E-state index in [1.165, 1.54) is 5.56 Å². The first-order valence-electron chi connectivity index (χ1n) is 9.68. The summed E-state index contributed by atoms with van der Waals surface area (Å²) >= 11 is 0. The zero-order valence-corrected chi connectivity index (χ0v) is 15.5. The molecule has 1 saturated heterocycles. The number of ether oxygens (including phenoxy) is 2. The van der Waals surface area contributed by atoms with Gasteiger partial charge in [0, 0.05) is 36.7 Å². The zero-order chi connectivity index (χ0) is 19.1. The number of fused-ring (bicyclic) bond motifs is 1. The van der Waals surface area contributed by atoms with E-state index >= 15 is 0 Å². The summed E-state index contributed by atoms with van der Waals surface area (Å²) in [5.41, 5.74) is 2.09. The number of rotatable bonds is 5. The van der Waals surface area contributed by atoms with E-state index in [0.717, 1.165) is 18.5 Å². The number of hydrogen-bond donors (Lipinski definition) is 1. The minimum atomic E-state index is -0.329. The summed E-state index contributed by atoms with van der Waals surface area (Å²) in [6.07, 6.45) is 2.41. The van der Waals surface area contributed by atoms with Gasteiger partial charge in [-0.1, -0.05) is 30.3 Å². The van der Waals surface area contributed by atoms with Crippen molar-refractivity contribution in [1.29, 1.82) is 0 Å². The molecule has 0 spiro atoms. The largest absolute Gasteiger partial charge is 0.454 e. The predicted octanol–water partition coefficient (Wildman–Crippen LogP) is 2.62. The number of nitrogens with one attached hydrogen (secondary N) is 1. The summed E-state index contributed by atoms with van der Waals surface area (Å²) in [6.45, 7) is 1.22. The normalized spacial score (nSPS) is 21.6. The van der Waals surface area contributed by atoms with Crippen LogP contribution in [-0.4, -0.2) is 31.7 Å². The van der Waals surface area contributed by atoms with Gasteiger partial charge in [-0.3, -0.25) is 9.59 Å². The molecule has 5 rings (SSSR count). The third-order valence-corrected chi connectivity index (χ3v) is 6.00. The number of benzene rings is 2. The Bertz CT molecular complexity index is 923. The fraction of sp³-hybridized carbons (Fsp3) is 0.364. The van der Waals surface area contributed by atoms with Gasteiger partial charge >= 0.3 is 0 Å². The number of carbonyl (C=O) groups is 2. The quantitative estimate of drug-likeness (QED) is 0.869. The molecule has 2 aromatic carbocycles. The van der Waals surface area contributed by atoms with Crippen molar-refractivity contribution in [1.82, 2.24) is 5.32 Å². The fourth-order valence-corrected chi connectivity index (χ4v) is 4.10. The molecule has 2 fully saturated rings. The van der Waals surface area contributed by atoms with Crippen LogP contribution in [0.3, 0.4) is 0 Å². The zero-order valence-electron chi connectivity index (χ0n) is 15.5. The molecule has 2 amide bonds. The SMILES string of the molecule is O=C(NCC1(c2ccccc2)CC1)C1CC(=O)N(c2ccc3c(c2)OCO3)C1. The molecule has 1 N–H and O–H groups in total. The Morgan fingerprint density at radius 3 is 2.68 bits per heavy atom. The van der Waals surface area contributed by atoms with E-state index in [2.05, 4.69) is 17.4 Å². The Balaban J connectivity index is 1.23. The van der Waals surface area contributed by atoms with Crippen molar-refractivity contribution in [3.05, 3.63) is 54.1 Å². The second kappa shape index (κ2) is 6.55. The Hall–Kier alpha value is -3.02. The fourth-order valence-electron chi connectivity index (χ4n) is 4.10. The monoisotopic (exact) mass is 378 g/mol. The third kappa shape index (κ3) is 2.99. The maximum Gasteiger partial charge on any atom is 0.231 e. The Morgan fingerprint density at radius 1 is 1.11 bits per heavy atom. The van der Waals surface area contributed by atoms with Gasteiger partial charge in [0.05, 0.1) is 5.92 Å². The second-order valence-corrected chi connectivity index (χ2v) is 7.81. The summed E-state index contributed by atoms with van der Waals surface area (Å²) in [4.78, 5) is 26.9. The maximum absolute atomic E-state index is 12.7. The Labute approximate surface area is 163 Å². The lowest BCUT2D eigenvalue weighted by Gasteiger charge is -2.19. The number of amides is 2. The smallest absolute Gasteiger partial charge is 0.231 e. The molecule has 0 aromatic heterocycles. The molecule has 1 aliphatic carbocycles. The van der Waals surface area contributed by atoms with Crippen molar-refractivity contribution < 1.29 is 19.1 Å². The van der Waals surface area contributed by atoms with Crippen LogP contribution in [-0.2, 0) is 15.0 Å². The van der Waals surface area contributed by atoms with Crippen molar-refractivity contribution in [2.75, 3.05) is 24.8 Å². The van der Waals surface area contributed by atoms with E-state index < -0.39 is 0 Å². The second-order valence-electron chi connectivity index (χ2n) is 7.81. The lowest BCUT2D eigenvalue weighted by Crippen LogP contribution is -2.37. The average molecular weight is 378 g/mol. The third-order valence-electron chi connectivity index (χ3n) is 6.00. The molecule has 1 saturated carbocycles. The van der Waals surface area contributed by atoms with E-state index in [1.54, 1.807) is 17.0 Å².